The third-order valence-electron chi connectivity index (χ3n) is 5.04. The zero-order valence-electron chi connectivity index (χ0n) is 16.8. The average molecular weight is 447 g/mol. The molecule has 8 nitrogen and oxygen atoms in total. The molecular weight excluding hydrogens is 424 g/mol. The standard InChI is InChI=1S/C20H22N4O4S2/c1-13-4-3-5-23-16(13)21-17(22-6-10-28-11-7-22)14(18(23)25)12-15-19(26)24(8-9-27-2)20(29)30-15/h3-5,12H,6-11H2,1-2H3/b15-12-. The van der Waals surface area contributed by atoms with Gasteiger partial charge in [0, 0.05) is 26.4 Å². The highest BCUT2D eigenvalue weighted by Crippen LogP contribution is 2.33. The molecule has 0 aliphatic carbocycles. The molecule has 158 valence electrons. The molecule has 0 aromatic carbocycles. The van der Waals surface area contributed by atoms with E-state index >= 15 is 0 Å². The topological polar surface area (TPSA) is 76.4 Å². The van der Waals surface area contributed by atoms with Gasteiger partial charge in [0.15, 0.2) is 0 Å². The van der Waals surface area contributed by atoms with Crippen LogP contribution in [0.4, 0.5) is 5.82 Å². The predicted octanol–water partition coefficient (Wildman–Crippen LogP) is 1.69. The molecule has 0 radical (unpaired) electrons. The van der Waals surface area contributed by atoms with E-state index in [4.69, 9.17) is 26.7 Å². The number of hydrogen-bond acceptors (Lipinski definition) is 8. The molecule has 2 fully saturated rings. The van der Waals surface area contributed by atoms with Gasteiger partial charge in [0.1, 0.15) is 15.8 Å². The fourth-order valence-electron chi connectivity index (χ4n) is 3.45. The van der Waals surface area contributed by atoms with Crippen LogP contribution in [0.2, 0.25) is 0 Å². The Morgan fingerprint density at radius 2 is 2.10 bits per heavy atom. The molecule has 2 saturated heterocycles. The molecule has 0 atom stereocenters. The van der Waals surface area contributed by atoms with E-state index in [9.17, 15) is 9.59 Å². The second kappa shape index (κ2) is 8.84. The molecule has 2 aromatic rings. The summed E-state index contributed by atoms with van der Waals surface area (Å²) >= 11 is 6.55. The van der Waals surface area contributed by atoms with Gasteiger partial charge in [0.2, 0.25) is 0 Å². The van der Waals surface area contributed by atoms with Crippen molar-refractivity contribution in [1.82, 2.24) is 14.3 Å². The van der Waals surface area contributed by atoms with E-state index in [1.807, 2.05) is 24.0 Å². The van der Waals surface area contributed by atoms with Gasteiger partial charge in [0.05, 0.1) is 36.8 Å². The first-order valence-electron chi connectivity index (χ1n) is 9.60. The maximum absolute atomic E-state index is 13.4. The number of carbonyl (C=O) groups excluding carboxylic acids is 1. The number of amides is 1. The molecule has 30 heavy (non-hydrogen) atoms. The van der Waals surface area contributed by atoms with Gasteiger partial charge in [-0.3, -0.25) is 18.9 Å². The lowest BCUT2D eigenvalue weighted by atomic mass is 10.2. The highest BCUT2D eigenvalue weighted by atomic mass is 32.2. The van der Waals surface area contributed by atoms with E-state index in [1.54, 1.807) is 19.4 Å². The lowest BCUT2D eigenvalue weighted by molar-refractivity contribution is -0.122. The van der Waals surface area contributed by atoms with Crippen molar-refractivity contribution in [1.29, 1.82) is 0 Å². The van der Waals surface area contributed by atoms with E-state index < -0.39 is 0 Å². The van der Waals surface area contributed by atoms with Gasteiger partial charge in [-0.05, 0) is 24.6 Å². The van der Waals surface area contributed by atoms with Crippen LogP contribution in [0.15, 0.2) is 28.0 Å². The van der Waals surface area contributed by atoms with E-state index in [-0.39, 0.29) is 11.5 Å². The Morgan fingerprint density at radius 1 is 1.33 bits per heavy atom. The number of rotatable bonds is 5. The predicted molar refractivity (Wildman–Crippen MR) is 121 cm³/mol. The van der Waals surface area contributed by atoms with E-state index in [0.29, 0.717) is 65.7 Å². The number of fused-ring (bicyclic) bond motifs is 1. The number of hydrogen-bond donors (Lipinski definition) is 0. The summed E-state index contributed by atoms with van der Waals surface area (Å²) in [6, 6.07) is 3.74. The van der Waals surface area contributed by atoms with Crippen LogP contribution in [-0.4, -0.2) is 71.1 Å². The Morgan fingerprint density at radius 3 is 2.83 bits per heavy atom. The van der Waals surface area contributed by atoms with Gasteiger partial charge in [-0.1, -0.05) is 30.0 Å². The first-order valence-corrected chi connectivity index (χ1v) is 10.8. The molecule has 10 heteroatoms. The van der Waals surface area contributed by atoms with Crippen LogP contribution in [-0.2, 0) is 14.3 Å². The Bertz CT molecular complexity index is 1090. The number of ether oxygens (including phenoxy) is 2. The van der Waals surface area contributed by atoms with Crippen molar-refractivity contribution in [2.75, 3.05) is 51.5 Å². The number of anilines is 1. The van der Waals surface area contributed by atoms with Crippen LogP contribution >= 0.6 is 24.0 Å². The van der Waals surface area contributed by atoms with Crippen LogP contribution in [0.5, 0.6) is 0 Å². The molecule has 4 heterocycles. The summed E-state index contributed by atoms with van der Waals surface area (Å²) in [6.07, 6.45) is 3.32. The number of aryl methyl sites for hydroxylation is 1. The number of methoxy groups -OCH3 is 1. The van der Waals surface area contributed by atoms with Gasteiger partial charge in [-0.15, -0.1) is 0 Å². The first-order chi connectivity index (χ1) is 14.5. The Balaban J connectivity index is 1.84. The average Bonchev–Trinajstić information content (AvgIpc) is 3.02. The fourth-order valence-corrected chi connectivity index (χ4v) is 4.74. The van der Waals surface area contributed by atoms with Gasteiger partial charge >= 0.3 is 0 Å². The molecule has 0 saturated carbocycles. The maximum Gasteiger partial charge on any atom is 0.267 e. The number of nitrogens with zero attached hydrogens (tertiary/aromatic N) is 4. The summed E-state index contributed by atoms with van der Waals surface area (Å²) in [7, 11) is 1.58. The van der Waals surface area contributed by atoms with E-state index in [0.717, 1.165) is 5.56 Å². The summed E-state index contributed by atoms with van der Waals surface area (Å²) in [4.78, 5) is 35.0. The molecule has 2 aromatic heterocycles. The van der Waals surface area contributed by atoms with Gasteiger partial charge in [0.25, 0.3) is 11.5 Å². The minimum absolute atomic E-state index is 0.215. The number of aromatic nitrogens is 2. The molecule has 2 aliphatic heterocycles. The maximum atomic E-state index is 13.4. The summed E-state index contributed by atoms with van der Waals surface area (Å²) in [5.41, 5.74) is 1.68. The quantitative estimate of drug-likeness (QED) is 0.507. The van der Waals surface area contributed by atoms with Crippen LogP contribution in [0, 0.1) is 6.92 Å². The van der Waals surface area contributed by atoms with E-state index in [2.05, 4.69) is 0 Å². The normalized spacial score (nSPS) is 18.8. The van der Waals surface area contributed by atoms with Gasteiger partial charge in [-0.2, -0.15) is 0 Å². The molecule has 2 aliphatic rings. The Labute approximate surface area is 183 Å². The molecule has 0 unspecified atom stereocenters. The molecule has 0 N–H and O–H groups in total. The highest BCUT2D eigenvalue weighted by Gasteiger charge is 2.32. The lowest BCUT2D eigenvalue weighted by Gasteiger charge is -2.29. The second-order valence-electron chi connectivity index (χ2n) is 6.96. The van der Waals surface area contributed by atoms with Crippen molar-refractivity contribution < 1.29 is 14.3 Å². The smallest absolute Gasteiger partial charge is 0.267 e. The number of carbonyl (C=O) groups is 1. The summed E-state index contributed by atoms with van der Waals surface area (Å²) in [5, 5.41) is 0. The van der Waals surface area contributed by atoms with Gasteiger partial charge in [-0.25, -0.2) is 4.98 Å². The molecule has 0 spiro atoms. The molecular formula is C20H22N4O4S2. The van der Waals surface area contributed by atoms with Crippen molar-refractivity contribution >= 4 is 51.7 Å². The van der Waals surface area contributed by atoms with Crippen LogP contribution in [0.1, 0.15) is 11.1 Å². The molecule has 4 rings (SSSR count). The monoisotopic (exact) mass is 446 g/mol. The number of thioether (sulfide) groups is 1. The van der Waals surface area contributed by atoms with Crippen molar-refractivity contribution in [3.05, 3.63) is 44.7 Å². The molecule has 1 amide bonds. The zero-order valence-corrected chi connectivity index (χ0v) is 18.4. The lowest BCUT2D eigenvalue weighted by Crippen LogP contribution is -2.38. The number of pyridine rings is 1. The largest absolute Gasteiger partial charge is 0.383 e. The Kier molecular flexibility index (Phi) is 6.19. The SMILES string of the molecule is COCCN1C(=O)/C(=C/c2c(N3CCOCC3)nc3c(C)cccn3c2=O)SC1=S. The molecule has 0 bridgehead atoms. The third kappa shape index (κ3) is 3.87. The second-order valence-corrected chi connectivity index (χ2v) is 8.64. The minimum atomic E-state index is -0.219. The van der Waals surface area contributed by atoms with Crippen LogP contribution in [0.25, 0.3) is 11.7 Å². The van der Waals surface area contributed by atoms with Crippen molar-refractivity contribution in [3.8, 4) is 0 Å². The zero-order chi connectivity index (χ0) is 21.3. The van der Waals surface area contributed by atoms with E-state index in [1.165, 1.54) is 21.1 Å². The van der Waals surface area contributed by atoms with Crippen molar-refractivity contribution in [3.63, 3.8) is 0 Å². The summed E-state index contributed by atoms with van der Waals surface area (Å²) < 4.78 is 12.5. The van der Waals surface area contributed by atoms with Gasteiger partial charge < -0.3 is 14.4 Å². The minimum Gasteiger partial charge on any atom is -0.383 e. The highest BCUT2D eigenvalue weighted by molar-refractivity contribution is 8.26. The van der Waals surface area contributed by atoms with Crippen LogP contribution < -0.4 is 10.5 Å². The van der Waals surface area contributed by atoms with Crippen molar-refractivity contribution in [2.45, 2.75) is 6.92 Å². The van der Waals surface area contributed by atoms with Crippen molar-refractivity contribution in [2.24, 2.45) is 0 Å². The fraction of sp³-hybridized carbons (Fsp3) is 0.400. The first kappa shape index (κ1) is 21.0. The summed E-state index contributed by atoms with van der Waals surface area (Å²) in [5.74, 6) is 0.350. The summed E-state index contributed by atoms with van der Waals surface area (Å²) in [6.45, 7) is 5.07. The number of thiocarbonyl (C=S) groups is 1. The third-order valence-corrected chi connectivity index (χ3v) is 6.42. The number of morpholine rings is 1. The Hall–Kier alpha value is -2.27. The van der Waals surface area contributed by atoms with Crippen LogP contribution in [0.3, 0.4) is 0 Å².